The molecule has 0 saturated heterocycles. The summed E-state index contributed by atoms with van der Waals surface area (Å²) in [5.74, 6) is 1.15. The van der Waals surface area contributed by atoms with Gasteiger partial charge in [-0.2, -0.15) is 0 Å². The van der Waals surface area contributed by atoms with Gasteiger partial charge in [0.05, 0.1) is 0 Å². The molecule has 3 rings (SSSR count). The number of carbonyl (C=O) groups excluding carboxylic acids is 2. The highest BCUT2D eigenvalue weighted by Gasteiger charge is 2.22. The molecular weight excluding hydrogens is 540 g/mol. The third kappa shape index (κ3) is 10.1. The molecule has 3 aromatic rings. The van der Waals surface area contributed by atoms with Crippen molar-refractivity contribution in [2.75, 3.05) is 26.4 Å². The van der Waals surface area contributed by atoms with Crippen molar-refractivity contribution in [2.24, 2.45) is 0 Å². The molecule has 0 aliphatic heterocycles. The predicted octanol–water partition coefficient (Wildman–Crippen LogP) is 9.47. The van der Waals surface area contributed by atoms with E-state index in [0.717, 1.165) is 90.8 Å². The normalized spacial score (nSPS) is 11.6. The number of rotatable bonds is 20. The second-order valence-electron chi connectivity index (χ2n) is 12.0. The van der Waals surface area contributed by atoms with Gasteiger partial charge in [-0.05, 0) is 36.3 Å². The van der Waals surface area contributed by atoms with Gasteiger partial charge in [0.15, 0.2) is 0 Å². The van der Waals surface area contributed by atoms with Crippen LogP contribution in [-0.4, -0.2) is 38.4 Å². The predicted molar refractivity (Wildman–Crippen MR) is 175 cm³/mol. The van der Waals surface area contributed by atoms with Gasteiger partial charge in [-0.25, -0.2) is 0 Å². The van der Waals surface area contributed by atoms with Crippen LogP contribution in [0.5, 0.6) is 11.5 Å². The van der Waals surface area contributed by atoms with Crippen LogP contribution in [0.15, 0.2) is 42.5 Å². The van der Waals surface area contributed by atoms with Gasteiger partial charge < -0.3 is 18.9 Å². The minimum absolute atomic E-state index is 0.0171. The van der Waals surface area contributed by atoms with Crippen molar-refractivity contribution in [3.8, 4) is 11.5 Å². The maximum atomic E-state index is 12.2. The molecule has 0 amide bonds. The first-order valence-corrected chi connectivity index (χ1v) is 16.4. The van der Waals surface area contributed by atoms with Crippen molar-refractivity contribution >= 4 is 33.5 Å². The van der Waals surface area contributed by atoms with Crippen molar-refractivity contribution < 1.29 is 28.5 Å². The standard InChI is InChI=1S/C37H52O6/c1-6-9-11-13-19-33(38)40-23-25-42-35-29-17-15-16-18-30(29)36(43-26-24-41-34(39)20-14-12-10-7-2)32-27-28(21-22-31(32)35)37(4,5)8-3/h15-18,21-22,27H,6-14,19-20,23-26H2,1-5H3. The molecule has 0 aliphatic carbocycles. The Labute approximate surface area is 258 Å². The third-order valence-electron chi connectivity index (χ3n) is 8.24. The summed E-state index contributed by atoms with van der Waals surface area (Å²) in [7, 11) is 0. The minimum Gasteiger partial charge on any atom is -0.489 e. The number of fused-ring (bicyclic) bond motifs is 2. The van der Waals surface area contributed by atoms with Crippen LogP contribution in [0.3, 0.4) is 0 Å². The monoisotopic (exact) mass is 592 g/mol. The highest BCUT2D eigenvalue weighted by Crippen LogP contribution is 2.44. The molecule has 0 bridgehead atoms. The number of ether oxygens (including phenoxy) is 4. The quantitative estimate of drug-likeness (QED) is 0.0739. The number of hydrogen-bond donors (Lipinski definition) is 0. The molecule has 0 saturated carbocycles. The lowest BCUT2D eigenvalue weighted by Crippen LogP contribution is -2.16. The topological polar surface area (TPSA) is 71.1 Å². The van der Waals surface area contributed by atoms with Gasteiger partial charge in [-0.1, -0.05) is 110 Å². The highest BCUT2D eigenvalue weighted by atomic mass is 16.6. The zero-order chi connectivity index (χ0) is 31.1. The summed E-state index contributed by atoms with van der Waals surface area (Å²) in [5, 5.41) is 3.73. The van der Waals surface area contributed by atoms with Crippen molar-refractivity contribution in [2.45, 2.75) is 111 Å². The second-order valence-corrected chi connectivity index (χ2v) is 12.0. The SMILES string of the molecule is CCCCCCC(=O)OCCOc1c2ccccc2c(OCCOC(=O)CCCCCC)c2cc(C(C)(C)CC)ccc12. The van der Waals surface area contributed by atoms with Gasteiger partial charge in [0.2, 0.25) is 0 Å². The van der Waals surface area contributed by atoms with E-state index in [1.165, 1.54) is 5.56 Å². The Morgan fingerprint density at radius 3 is 1.58 bits per heavy atom. The first kappa shape index (κ1) is 34.2. The van der Waals surface area contributed by atoms with E-state index in [1.54, 1.807) is 0 Å². The van der Waals surface area contributed by atoms with Gasteiger partial charge in [-0.3, -0.25) is 9.59 Å². The van der Waals surface area contributed by atoms with E-state index in [2.05, 4.69) is 52.8 Å². The van der Waals surface area contributed by atoms with E-state index < -0.39 is 0 Å². The number of hydrogen-bond acceptors (Lipinski definition) is 6. The number of unbranched alkanes of at least 4 members (excludes halogenated alkanes) is 6. The molecule has 0 spiro atoms. The fourth-order valence-electron chi connectivity index (χ4n) is 5.17. The van der Waals surface area contributed by atoms with Gasteiger partial charge in [-0.15, -0.1) is 0 Å². The highest BCUT2D eigenvalue weighted by molar-refractivity contribution is 6.11. The summed E-state index contributed by atoms with van der Waals surface area (Å²) >= 11 is 0. The van der Waals surface area contributed by atoms with Crippen LogP contribution < -0.4 is 9.47 Å². The van der Waals surface area contributed by atoms with Crippen LogP contribution in [0.4, 0.5) is 0 Å². The van der Waals surface area contributed by atoms with Crippen LogP contribution in [0.1, 0.15) is 111 Å². The Morgan fingerprint density at radius 2 is 1.09 bits per heavy atom. The lowest BCUT2D eigenvalue weighted by atomic mass is 9.81. The Balaban J connectivity index is 1.81. The number of esters is 2. The molecule has 3 aromatic carbocycles. The van der Waals surface area contributed by atoms with E-state index in [4.69, 9.17) is 18.9 Å². The molecule has 0 unspecified atom stereocenters. The van der Waals surface area contributed by atoms with E-state index in [1.807, 2.05) is 24.3 Å². The number of carbonyl (C=O) groups is 2. The molecular formula is C37H52O6. The van der Waals surface area contributed by atoms with E-state index in [9.17, 15) is 9.59 Å². The smallest absolute Gasteiger partial charge is 0.305 e. The van der Waals surface area contributed by atoms with Crippen molar-refractivity contribution in [1.29, 1.82) is 0 Å². The average Bonchev–Trinajstić information content (AvgIpc) is 3.01. The van der Waals surface area contributed by atoms with E-state index >= 15 is 0 Å². The Kier molecular flexibility index (Phi) is 14.1. The molecule has 0 atom stereocenters. The summed E-state index contributed by atoms with van der Waals surface area (Å²) in [6.45, 7) is 11.9. The van der Waals surface area contributed by atoms with Crippen LogP contribution in [0, 0.1) is 0 Å². The van der Waals surface area contributed by atoms with Crippen LogP contribution in [0.25, 0.3) is 21.5 Å². The molecule has 0 N–H and O–H groups in total. The fourth-order valence-corrected chi connectivity index (χ4v) is 5.17. The van der Waals surface area contributed by atoms with Gasteiger partial charge in [0.25, 0.3) is 0 Å². The third-order valence-corrected chi connectivity index (χ3v) is 8.24. The second kappa shape index (κ2) is 17.7. The first-order valence-electron chi connectivity index (χ1n) is 16.4. The van der Waals surface area contributed by atoms with Crippen LogP contribution >= 0.6 is 0 Å². The van der Waals surface area contributed by atoms with Crippen molar-refractivity contribution in [1.82, 2.24) is 0 Å². The van der Waals surface area contributed by atoms with E-state index in [-0.39, 0.29) is 43.8 Å². The van der Waals surface area contributed by atoms with Gasteiger partial charge >= 0.3 is 11.9 Å². The molecule has 0 radical (unpaired) electrons. The summed E-state index contributed by atoms with van der Waals surface area (Å²) in [4.78, 5) is 24.4. The zero-order valence-electron chi connectivity index (χ0n) is 27.1. The Morgan fingerprint density at radius 1 is 0.605 bits per heavy atom. The Hall–Kier alpha value is -3.28. The molecule has 0 fully saturated rings. The van der Waals surface area contributed by atoms with Gasteiger partial charge in [0, 0.05) is 34.4 Å². The van der Waals surface area contributed by atoms with Crippen LogP contribution in [0.2, 0.25) is 0 Å². The molecule has 6 heteroatoms. The lowest BCUT2D eigenvalue weighted by Gasteiger charge is -2.25. The van der Waals surface area contributed by atoms with Crippen molar-refractivity contribution in [3.05, 3.63) is 48.0 Å². The fraction of sp³-hybridized carbons (Fsp3) is 0.568. The molecule has 0 heterocycles. The summed E-state index contributed by atoms with van der Waals surface area (Å²) in [6.07, 6.45) is 10.2. The summed E-state index contributed by atoms with van der Waals surface area (Å²) in [5.41, 5.74) is 1.20. The largest absolute Gasteiger partial charge is 0.489 e. The zero-order valence-corrected chi connectivity index (χ0v) is 27.1. The summed E-state index contributed by atoms with van der Waals surface area (Å²) in [6, 6.07) is 14.5. The first-order chi connectivity index (χ1) is 20.8. The molecule has 236 valence electrons. The molecule has 0 aromatic heterocycles. The summed E-state index contributed by atoms with van der Waals surface area (Å²) < 4.78 is 23.7. The number of benzene rings is 3. The maximum absolute atomic E-state index is 12.2. The average molecular weight is 593 g/mol. The van der Waals surface area contributed by atoms with Gasteiger partial charge in [0.1, 0.15) is 37.9 Å². The minimum atomic E-state index is -0.175. The Bertz CT molecular complexity index is 1310. The van der Waals surface area contributed by atoms with Crippen molar-refractivity contribution in [3.63, 3.8) is 0 Å². The molecule has 43 heavy (non-hydrogen) atoms. The van der Waals surface area contributed by atoms with E-state index in [0.29, 0.717) is 12.8 Å². The lowest BCUT2D eigenvalue weighted by molar-refractivity contribution is -0.145. The molecule has 6 nitrogen and oxygen atoms in total. The van der Waals surface area contributed by atoms with Crippen LogP contribution in [-0.2, 0) is 24.5 Å². The maximum Gasteiger partial charge on any atom is 0.305 e. The molecule has 0 aliphatic rings.